The van der Waals surface area contributed by atoms with Crippen LogP contribution in [0.5, 0.6) is 0 Å². The van der Waals surface area contributed by atoms with Crippen LogP contribution in [0.2, 0.25) is 0 Å². The van der Waals surface area contributed by atoms with Crippen LogP contribution in [0.4, 0.5) is 17.1 Å². The summed E-state index contributed by atoms with van der Waals surface area (Å²) >= 11 is 0. The summed E-state index contributed by atoms with van der Waals surface area (Å²) in [6.45, 7) is 4.69. The van der Waals surface area contributed by atoms with Gasteiger partial charge in [-0.3, -0.25) is 4.98 Å². The molecule has 0 unspecified atom stereocenters. The van der Waals surface area contributed by atoms with Crippen molar-refractivity contribution in [3.63, 3.8) is 0 Å². The lowest BCUT2D eigenvalue weighted by molar-refractivity contribution is 0.660. The highest BCUT2D eigenvalue weighted by atomic mass is 15.2. The molecule has 1 aliphatic heterocycles. The fraction of sp³-hybridized carbons (Fsp3) is 0.0556. The Morgan fingerprint density at radius 3 is 2.05 bits per heavy atom. The first-order chi connectivity index (χ1) is 28.1. The van der Waals surface area contributed by atoms with E-state index in [1.165, 1.54) is 88.5 Å². The minimum absolute atomic E-state index is 0.0184. The molecule has 3 heteroatoms. The van der Waals surface area contributed by atoms with E-state index in [0.717, 1.165) is 22.6 Å². The van der Waals surface area contributed by atoms with Gasteiger partial charge in [0.2, 0.25) is 0 Å². The SMILES string of the molecule is CC1(C)c2ccccc2-c2cc(-c3cccc(-n4c5ccccc5c5c6c(ccc54)-c4ccc(-c5ccccn5)c5cccc(c45)N6c4ccccc4)c3)ccc21. The van der Waals surface area contributed by atoms with Gasteiger partial charge >= 0.3 is 0 Å². The summed E-state index contributed by atoms with van der Waals surface area (Å²) in [7, 11) is 0. The molecule has 0 saturated heterocycles. The Labute approximate surface area is 331 Å². The molecule has 268 valence electrons. The van der Waals surface area contributed by atoms with Gasteiger partial charge in [0.25, 0.3) is 0 Å². The lowest BCUT2D eigenvalue weighted by Crippen LogP contribution is -2.15. The van der Waals surface area contributed by atoms with E-state index >= 15 is 0 Å². The van der Waals surface area contributed by atoms with Crippen LogP contribution < -0.4 is 4.90 Å². The highest BCUT2D eigenvalue weighted by Gasteiger charge is 2.35. The lowest BCUT2D eigenvalue weighted by Gasteiger charge is -2.34. The van der Waals surface area contributed by atoms with Gasteiger partial charge in [0.1, 0.15) is 0 Å². The van der Waals surface area contributed by atoms with Crippen molar-refractivity contribution in [1.29, 1.82) is 0 Å². The van der Waals surface area contributed by atoms with Crippen LogP contribution in [0.25, 0.3) is 82.9 Å². The second kappa shape index (κ2) is 11.9. The Balaban J connectivity index is 1.10. The zero-order chi connectivity index (χ0) is 37.8. The van der Waals surface area contributed by atoms with Crippen LogP contribution in [0.1, 0.15) is 25.0 Å². The zero-order valence-electron chi connectivity index (χ0n) is 31.7. The summed E-state index contributed by atoms with van der Waals surface area (Å²) in [5, 5.41) is 4.92. The van der Waals surface area contributed by atoms with E-state index in [2.05, 4.69) is 199 Å². The number of benzene rings is 8. The molecule has 0 amide bonds. The molecular weight excluding hydrogens is 691 g/mol. The summed E-state index contributed by atoms with van der Waals surface area (Å²) in [4.78, 5) is 7.26. The molecular formula is C54H37N3. The fourth-order valence-electron chi connectivity index (χ4n) is 10.0. The molecule has 0 saturated carbocycles. The second-order valence-corrected chi connectivity index (χ2v) is 15.9. The van der Waals surface area contributed by atoms with Crippen LogP contribution in [-0.4, -0.2) is 9.55 Å². The average molecular weight is 728 g/mol. The van der Waals surface area contributed by atoms with Crippen molar-refractivity contribution in [1.82, 2.24) is 9.55 Å². The minimum Gasteiger partial charge on any atom is -0.309 e. The van der Waals surface area contributed by atoms with Crippen molar-refractivity contribution in [3.8, 4) is 50.3 Å². The third kappa shape index (κ3) is 4.51. The molecule has 0 N–H and O–H groups in total. The van der Waals surface area contributed by atoms with E-state index in [-0.39, 0.29) is 5.41 Å². The summed E-state index contributed by atoms with van der Waals surface area (Å²) in [6, 6.07) is 66.9. The van der Waals surface area contributed by atoms with Gasteiger partial charge in [-0.15, -0.1) is 0 Å². The maximum Gasteiger partial charge on any atom is 0.0708 e. The van der Waals surface area contributed by atoms with Gasteiger partial charge in [0.15, 0.2) is 0 Å². The molecule has 0 spiro atoms. The summed E-state index contributed by atoms with van der Waals surface area (Å²) < 4.78 is 2.46. The Bertz CT molecular complexity index is 3260. The van der Waals surface area contributed by atoms with Crippen molar-refractivity contribution >= 4 is 49.6 Å². The van der Waals surface area contributed by atoms with Crippen molar-refractivity contribution in [3.05, 3.63) is 199 Å². The first kappa shape index (κ1) is 32.1. The third-order valence-electron chi connectivity index (χ3n) is 12.6. The molecule has 8 aromatic carbocycles. The fourth-order valence-corrected chi connectivity index (χ4v) is 10.0. The Morgan fingerprint density at radius 1 is 0.439 bits per heavy atom. The molecule has 0 atom stereocenters. The molecule has 12 rings (SSSR count). The minimum atomic E-state index is -0.0184. The standard InChI is InChI=1S/C54H37N3/c1-54(2)45-21-8-6-18-38(45)44-33-35(25-29-46(44)54)34-14-12-17-37(32-34)56-48-23-9-7-19-43(48)52-50(56)30-28-42-41-27-26-39(47-22-10-11-31-55-47)40-20-13-24-49(51(40)41)57(53(42)52)36-15-4-3-5-16-36/h3-33H,1-2H3. The van der Waals surface area contributed by atoms with Gasteiger partial charge in [-0.25, -0.2) is 0 Å². The summed E-state index contributed by atoms with van der Waals surface area (Å²) in [5.41, 5.74) is 19.5. The number of para-hydroxylation sites is 2. The van der Waals surface area contributed by atoms with Gasteiger partial charge in [-0.1, -0.05) is 135 Å². The first-order valence-corrected chi connectivity index (χ1v) is 19.8. The number of anilines is 3. The topological polar surface area (TPSA) is 21.1 Å². The van der Waals surface area contributed by atoms with Crippen molar-refractivity contribution in [2.75, 3.05) is 4.90 Å². The summed E-state index contributed by atoms with van der Waals surface area (Å²) in [5.74, 6) is 0. The maximum atomic E-state index is 4.77. The predicted octanol–water partition coefficient (Wildman–Crippen LogP) is 14.4. The molecule has 57 heavy (non-hydrogen) atoms. The van der Waals surface area contributed by atoms with Gasteiger partial charge < -0.3 is 9.47 Å². The van der Waals surface area contributed by atoms with Crippen molar-refractivity contribution in [2.45, 2.75) is 19.3 Å². The highest BCUT2D eigenvalue weighted by Crippen LogP contribution is 2.56. The molecule has 3 heterocycles. The molecule has 3 nitrogen and oxygen atoms in total. The monoisotopic (exact) mass is 727 g/mol. The quantitative estimate of drug-likeness (QED) is 0.180. The molecule has 0 radical (unpaired) electrons. The van der Waals surface area contributed by atoms with Gasteiger partial charge in [-0.05, 0) is 105 Å². The number of hydrogen-bond donors (Lipinski definition) is 0. The molecule has 1 aliphatic carbocycles. The second-order valence-electron chi connectivity index (χ2n) is 15.9. The molecule has 2 aliphatic rings. The van der Waals surface area contributed by atoms with E-state index < -0.39 is 0 Å². The molecule has 0 bridgehead atoms. The molecule has 10 aromatic rings. The molecule has 2 aromatic heterocycles. The van der Waals surface area contributed by atoms with Crippen LogP contribution in [0, 0.1) is 0 Å². The van der Waals surface area contributed by atoms with Crippen LogP contribution in [0.3, 0.4) is 0 Å². The number of hydrogen-bond acceptors (Lipinski definition) is 2. The van der Waals surface area contributed by atoms with Crippen LogP contribution >= 0.6 is 0 Å². The van der Waals surface area contributed by atoms with E-state index in [0.29, 0.717) is 0 Å². The average Bonchev–Trinajstić information content (AvgIpc) is 3.73. The zero-order valence-corrected chi connectivity index (χ0v) is 31.7. The largest absolute Gasteiger partial charge is 0.309 e. The van der Waals surface area contributed by atoms with Gasteiger partial charge in [-0.2, -0.15) is 0 Å². The number of nitrogens with zero attached hydrogens (tertiary/aromatic N) is 3. The maximum absolute atomic E-state index is 4.77. The van der Waals surface area contributed by atoms with Crippen molar-refractivity contribution < 1.29 is 0 Å². The molecule has 0 fully saturated rings. The number of pyridine rings is 1. The van der Waals surface area contributed by atoms with Crippen molar-refractivity contribution in [2.24, 2.45) is 0 Å². The number of aromatic nitrogens is 2. The van der Waals surface area contributed by atoms with Gasteiger partial charge in [0.05, 0.1) is 28.1 Å². The smallest absolute Gasteiger partial charge is 0.0708 e. The highest BCUT2D eigenvalue weighted by molar-refractivity contribution is 6.25. The number of rotatable bonds is 4. The Hall–Kier alpha value is -7.23. The van der Waals surface area contributed by atoms with Crippen LogP contribution in [0.15, 0.2) is 188 Å². The van der Waals surface area contributed by atoms with Crippen LogP contribution in [-0.2, 0) is 5.41 Å². The first-order valence-electron chi connectivity index (χ1n) is 19.8. The van der Waals surface area contributed by atoms with Gasteiger partial charge in [0, 0.05) is 50.3 Å². The predicted molar refractivity (Wildman–Crippen MR) is 238 cm³/mol. The van der Waals surface area contributed by atoms with E-state index in [1.807, 2.05) is 12.3 Å². The lowest BCUT2D eigenvalue weighted by atomic mass is 9.82. The summed E-state index contributed by atoms with van der Waals surface area (Å²) in [6.07, 6.45) is 1.88. The van der Waals surface area contributed by atoms with E-state index in [4.69, 9.17) is 4.98 Å². The third-order valence-corrected chi connectivity index (χ3v) is 12.6. The van der Waals surface area contributed by atoms with E-state index in [9.17, 15) is 0 Å². The Kier molecular flexibility index (Phi) is 6.68. The normalized spacial score (nSPS) is 13.5. The Morgan fingerprint density at radius 2 is 1.16 bits per heavy atom. The van der Waals surface area contributed by atoms with E-state index in [1.54, 1.807) is 0 Å². The number of fused-ring (bicyclic) bond motifs is 9.